The Morgan fingerprint density at radius 3 is 2.50 bits per heavy atom. The van der Waals surface area contributed by atoms with Crippen LogP contribution >= 0.6 is 0 Å². The fraction of sp³-hybridized carbons (Fsp3) is 0. The molecule has 0 bridgehead atoms. The van der Waals surface area contributed by atoms with Crippen LogP contribution in [-0.4, -0.2) is 10.2 Å². The fourth-order valence-electron chi connectivity index (χ4n) is 2.14. The van der Waals surface area contributed by atoms with E-state index in [-0.39, 0.29) is 28.2 Å². The maximum atomic E-state index is 12.1. The molecule has 0 aliphatic heterocycles. The molecule has 7 nitrogen and oxygen atoms in total. The number of azide groups is 1. The molecular weight excluding hydrogens is 286 g/mol. The lowest BCUT2D eigenvalue weighted by Gasteiger charge is -2.05. The Morgan fingerprint density at radius 1 is 1.09 bits per heavy atom. The van der Waals surface area contributed by atoms with Crippen molar-refractivity contribution in [3.05, 3.63) is 63.1 Å². The summed E-state index contributed by atoms with van der Waals surface area (Å²) in [7, 11) is 0. The summed E-state index contributed by atoms with van der Waals surface area (Å²) < 4.78 is 5.57. The van der Waals surface area contributed by atoms with Gasteiger partial charge in [0.15, 0.2) is 5.43 Å². The van der Waals surface area contributed by atoms with Gasteiger partial charge >= 0.3 is 0 Å². The van der Waals surface area contributed by atoms with Crippen LogP contribution in [0, 0.1) is 0 Å². The quantitative estimate of drug-likeness (QED) is 0.424. The molecule has 0 radical (unpaired) electrons. The predicted molar refractivity (Wildman–Crippen MR) is 80.1 cm³/mol. The number of rotatable bonds is 2. The van der Waals surface area contributed by atoms with E-state index in [0.29, 0.717) is 11.3 Å². The lowest BCUT2D eigenvalue weighted by Crippen LogP contribution is -2.00. The Labute approximate surface area is 123 Å². The van der Waals surface area contributed by atoms with Gasteiger partial charge in [0.1, 0.15) is 28.2 Å². The molecule has 2 aromatic carbocycles. The molecule has 0 saturated heterocycles. The predicted octanol–water partition coefficient (Wildman–Crippen LogP) is 3.81. The molecule has 1 heterocycles. The third kappa shape index (κ3) is 2.32. The van der Waals surface area contributed by atoms with Crippen LogP contribution in [0.15, 0.2) is 56.8 Å². The molecular formula is C15H9N3O4. The molecule has 0 fully saturated rings. The van der Waals surface area contributed by atoms with Gasteiger partial charge < -0.3 is 14.6 Å². The zero-order valence-electron chi connectivity index (χ0n) is 11.1. The van der Waals surface area contributed by atoms with Crippen LogP contribution in [-0.2, 0) is 0 Å². The molecule has 3 aromatic rings. The second-order valence-corrected chi connectivity index (χ2v) is 4.55. The Kier molecular flexibility index (Phi) is 3.17. The second-order valence-electron chi connectivity index (χ2n) is 4.55. The normalized spacial score (nSPS) is 10.4. The molecule has 108 valence electrons. The van der Waals surface area contributed by atoms with E-state index < -0.39 is 5.43 Å². The summed E-state index contributed by atoms with van der Waals surface area (Å²) >= 11 is 0. The highest BCUT2D eigenvalue weighted by Gasteiger charge is 2.12. The monoisotopic (exact) mass is 295 g/mol. The van der Waals surface area contributed by atoms with E-state index in [1.807, 2.05) is 0 Å². The minimum absolute atomic E-state index is 0.00671. The van der Waals surface area contributed by atoms with Gasteiger partial charge in [0.25, 0.3) is 0 Å². The van der Waals surface area contributed by atoms with E-state index in [2.05, 4.69) is 10.0 Å². The third-order valence-corrected chi connectivity index (χ3v) is 3.11. The Balaban J connectivity index is 2.19. The molecule has 0 aliphatic rings. The van der Waals surface area contributed by atoms with E-state index in [0.717, 1.165) is 6.07 Å². The largest absolute Gasteiger partial charge is 0.508 e. The van der Waals surface area contributed by atoms with Gasteiger partial charge in [-0.3, -0.25) is 4.79 Å². The number of phenols is 2. The number of benzene rings is 2. The molecule has 3 rings (SSSR count). The van der Waals surface area contributed by atoms with E-state index >= 15 is 0 Å². The Bertz CT molecular complexity index is 970. The van der Waals surface area contributed by atoms with Crippen LogP contribution in [0.4, 0.5) is 5.69 Å². The van der Waals surface area contributed by atoms with Crippen molar-refractivity contribution in [2.24, 2.45) is 5.11 Å². The minimum Gasteiger partial charge on any atom is -0.508 e. The highest BCUT2D eigenvalue weighted by atomic mass is 16.3. The van der Waals surface area contributed by atoms with Gasteiger partial charge in [-0.15, -0.1) is 0 Å². The van der Waals surface area contributed by atoms with Crippen LogP contribution in [0.2, 0.25) is 0 Å². The number of phenolic OH excluding ortho intramolecular Hbond substituents is 2. The summed E-state index contributed by atoms with van der Waals surface area (Å²) in [5.74, 6) is -0.270. The van der Waals surface area contributed by atoms with Crippen LogP contribution in [0.1, 0.15) is 0 Å². The fourth-order valence-corrected chi connectivity index (χ4v) is 2.14. The molecule has 0 atom stereocenters. The maximum absolute atomic E-state index is 12.1. The lowest BCUT2D eigenvalue weighted by molar-refractivity contribution is 0.452. The van der Waals surface area contributed by atoms with Gasteiger partial charge in [-0.05, 0) is 5.53 Å². The van der Waals surface area contributed by atoms with Crippen LogP contribution in [0.25, 0.3) is 32.7 Å². The first-order chi connectivity index (χ1) is 10.6. The van der Waals surface area contributed by atoms with Crippen LogP contribution < -0.4 is 5.43 Å². The first-order valence-electron chi connectivity index (χ1n) is 6.24. The highest BCUT2D eigenvalue weighted by molar-refractivity contribution is 5.86. The maximum Gasteiger partial charge on any atom is 0.197 e. The molecule has 0 aliphatic carbocycles. The van der Waals surface area contributed by atoms with E-state index in [1.54, 1.807) is 24.3 Å². The summed E-state index contributed by atoms with van der Waals surface area (Å²) in [6.45, 7) is 0. The molecule has 0 saturated carbocycles. The minimum atomic E-state index is -0.423. The average Bonchev–Trinajstić information content (AvgIpc) is 2.47. The average molecular weight is 295 g/mol. The second kappa shape index (κ2) is 5.16. The molecule has 0 amide bonds. The zero-order chi connectivity index (χ0) is 15.7. The van der Waals surface area contributed by atoms with E-state index in [4.69, 9.17) is 9.95 Å². The highest BCUT2D eigenvalue weighted by Crippen LogP contribution is 2.30. The number of hydrogen-bond acceptors (Lipinski definition) is 5. The number of nitrogens with zero attached hydrogens (tertiary/aromatic N) is 3. The smallest absolute Gasteiger partial charge is 0.197 e. The molecule has 22 heavy (non-hydrogen) atoms. The van der Waals surface area contributed by atoms with Crippen LogP contribution in [0.3, 0.4) is 0 Å². The van der Waals surface area contributed by atoms with Crippen molar-refractivity contribution >= 4 is 16.7 Å². The molecule has 0 unspecified atom stereocenters. The van der Waals surface area contributed by atoms with Crippen molar-refractivity contribution in [3.8, 4) is 22.8 Å². The van der Waals surface area contributed by atoms with Gasteiger partial charge in [-0.2, -0.15) is 0 Å². The zero-order valence-corrected chi connectivity index (χ0v) is 11.1. The summed E-state index contributed by atoms with van der Waals surface area (Å²) in [6.07, 6.45) is 0. The number of aromatic hydroxyl groups is 2. The summed E-state index contributed by atoms with van der Waals surface area (Å²) in [4.78, 5) is 14.8. The van der Waals surface area contributed by atoms with Crippen molar-refractivity contribution in [1.29, 1.82) is 0 Å². The van der Waals surface area contributed by atoms with Crippen molar-refractivity contribution < 1.29 is 14.6 Å². The molecule has 7 heteroatoms. The van der Waals surface area contributed by atoms with Gasteiger partial charge in [-0.25, -0.2) is 0 Å². The van der Waals surface area contributed by atoms with Gasteiger partial charge in [0.2, 0.25) is 0 Å². The van der Waals surface area contributed by atoms with E-state index in [9.17, 15) is 15.0 Å². The van der Waals surface area contributed by atoms with Gasteiger partial charge in [0.05, 0.1) is 0 Å². The third-order valence-electron chi connectivity index (χ3n) is 3.11. The van der Waals surface area contributed by atoms with Crippen LogP contribution in [0.5, 0.6) is 11.5 Å². The SMILES string of the molecule is [N-]=[N+]=Nc1ccc(-c2cc(=O)c3c(O)cc(O)cc3o2)cc1. The molecule has 0 spiro atoms. The van der Waals surface area contributed by atoms with E-state index in [1.165, 1.54) is 12.1 Å². The summed E-state index contributed by atoms with van der Waals surface area (Å²) in [5.41, 5.74) is 9.05. The van der Waals surface area contributed by atoms with Gasteiger partial charge in [0, 0.05) is 34.4 Å². The Hall–Kier alpha value is -3.44. The van der Waals surface area contributed by atoms with Crippen molar-refractivity contribution in [2.45, 2.75) is 0 Å². The van der Waals surface area contributed by atoms with Crippen molar-refractivity contribution in [2.75, 3.05) is 0 Å². The Morgan fingerprint density at radius 2 is 1.82 bits per heavy atom. The van der Waals surface area contributed by atoms with Crippen molar-refractivity contribution in [1.82, 2.24) is 0 Å². The summed E-state index contributed by atoms with van der Waals surface area (Å²) in [6, 6.07) is 10.0. The summed E-state index contributed by atoms with van der Waals surface area (Å²) in [5, 5.41) is 22.7. The standard InChI is InChI=1S/C15H9N3O4/c16-18-17-9-3-1-8(2-4-9)13-7-12(21)15-11(20)5-10(19)6-14(15)22-13/h1-7,19-20H. The first-order valence-corrected chi connectivity index (χ1v) is 6.24. The number of hydrogen-bond donors (Lipinski definition) is 2. The topological polar surface area (TPSA) is 119 Å². The molecule has 1 aromatic heterocycles. The van der Waals surface area contributed by atoms with Crippen molar-refractivity contribution in [3.63, 3.8) is 0 Å². The first kappa shape index (κ1) is 13.5. The lowest BCUT2D eigenvalue weighted by atomic mass is 10.1. The number of fused-ring (bicyclic) bond motifs is 1. The molecule has 2 N–H and O–H groups in total. The van der Waals surface area contributed by atoms with Gasteiger partial charge in [-0.1, -0.05) is 29.4 Å².